The number of carbonyl (C=O) groups is 1. The largest absolute Gasteiger partial charge is 0.335 e. The number of fused-ring (bicyclic) bond motifs is 1. The summed E-state index contributed by atoms with van der Waals surface area (Å²) in [6.45, 7) is 2.46. The molecule has 2 unspecified atom stereocenters. The summed E-state index contributed by atoms with van der Waals surface area (Å²) in [7, 11) is 0. The Bertz CT molecular complexity index is 551. The van der Waals surface area contributed by atoms with Crippen molar-refractivity contribution in [3.8, 4) is 6.07 Å². The second-order valence-electron chi connectivity index (χ2n) is 5.50. The first-order valence-corrected chi connectivity index (χ1v) is 7.14. The average Bonchev–Trinajstić information content (AvgIpc) is 2.50. The summed E-state index contributed by atoms with van der Waals surface area (Å²) in [5.74, 6) is 0.754. The molecule has 1 aromatic rings. The number of aromatic nitrogens is 1. The summed E-state index contributed by atoms with van der Waals surface area (Å²) >= 11 is 0. The first-order valence-electron chi connectivity index (χ1n) is 7.14. The minimum Gasteiger partial charge on any atom is -0.335 e. The van der Waals surface area contributed by atoms with Crippen LogP contribution in [-0.2, 0) is 11.3 Å². The van der Waals surface area contributed by atoms with Gasteiger partial charge in [-0.2, -0.15) is 5.26 Å². The van der Waals surface area contributed by atoms with Gasteiger partial charge in [-0.1, -0.05) is 6.07 Å². The van der Waals surface area contributed by atoms with Gasteiger partial charge in [-0.25, -0.2) is 4.98 Å². The third kappa shape index (κ3) is 2.39. The molecule has 0 saturated carbocycles. The number of carbonyl (C=O) groups excluding carboxylic acids is 1. The summed E-state index contributed by atoms with van der Waals surface area (Å²) in [5.41, 5.74) is 1.28. The van der Waals surface area contributed by atoms with Crippen LogP contribution in [0, 0.1) is 17.2 Å². The normalized spacial score (nSPS) is 25.9. The number of rotatable bonds is 2. The quantitative estimate of drug-likeness (QED) is 0.872. The second kappa shape index (κ2) is 5.59. The van der Waals surface area contributed by atoms with Crippen molar-refractivity contribution in [3.63, 3.8) is 0 Å². The van der Waals surface area contributed by atoms with Crippen LogP contribution in [0.2, 0.25) is 0 Å². The van der Waals surface area contributed by atoms with E-state index >= 15 is 0 Å². The fourth-order valence-corrected chi connectivity index (χ4v) is 3.31. The van der Waals surface area contributed by atoms with E-state index in [9.17, 15) is 4.79 Å². The zero-order valence-corrected chi connectivity index (χ0v) is 11.4. The van der Waals surface area contributed by atoms with E-state index in [0.717, 1.165) is 31.5 Å². The lowest BCUT2D eigenvalue weighted by Gasteiger charge is -2.44. The van der Waals surface area contributed by atoms with Crippen molar-refractivity contribution in [1.29, 1.82) is 5.26 Å². The molecule has 1 N–H and O–H groups in total. The maximum absolute atomic E-state index is 12.3. The summed E-state index contributed by atoms with van der Waals surface area (Å²) < 4.78 is 0. The Morgan fingerprint density at radius 1 is 1.50 bits per heavy atom. The van der Waals surface area contributed by atoms with E-state index in [0.29, 0.717) is 30.6 Å². The maximum Gasteiger partial charge on any atom is 0.223 e. The monoisotopic (exact) mass is 270 g/mol. The lowest BCUT2D eigenvalue weighted by Crippen LogP contribution is -2.54. The Hall–Kier alpha value is -1.93. The molecule has 2 atom stereocenters. The molecule has 5 nitrogen and oxygen atoms in total. The van der Waals surface area contributed by atoms with Crippen LogP contribution < -0.4 is 5.32 Å². The Balaban J connectivity index is 1.83. The molecule has 2 aliphatic rings. The van der Waals surface area contributed by atoms with Crippen molar-refractivity contribution in [1.82, 2.24) is 15.2 Å². The Labute approximate surface area is 118 Å². The molecule has 0 aromatic carbocycles. The highest BCUT2D eigenvalue weighted by atomic mass is 16.2. The summed E-state index contributed by atoms with van der Waals surface area (Å²) in [5, 5.41) is 12.5. The molecule has 2 fully saturated rings. The van der Waals surface area contributed by atoms with Gasteiger partial charge in [0.15, 0.2) is 0 Å². The van der Waals surface area contributed by atoms with Crippen LogP contribution in [0.5, 0.6) is 0 Å². The summed E-state index contributed by atoms with van der Waals surface area (Å²) in [6.07, 6.45) is 4.21. The summed E-state index contributed by atoms with van der Waals surface area (Å²) in [6, 6.07) is 6.14. The number of nitrogens with zero attached hydrogens (tertiary/aromatic N) is 3. The van der Waals surface area contributed by atoms with E-state index in [1.165, 1.54) is 0 Å². The van der Waals surface area contributed by atoms with Gasteiger partial charge in [0, 0.05) is 30.8 Å². The molecule has 2 saturated heterocycles. The number of pyridine rings is 1. The Morgan fingerprint density at radius 2 is 2.40 bits per heavy atom. The molecule has 0 aliphatic carbocycles. The van der Waals surface area contributed by atoms with Crippen LogP contribution in [0.4, 0.5) is 0 Å². The molecule has 0 spiro atoms. The fraction of sp³-hybridized carbons (Fsp3) is 0.533. The lowest BCUT2D eigenvalue weighted by atomic mass is 9.84. The lowest BCUT2D eigenvalue weighted by molar-refractivity contribution is -0.140. The van der Waals surface area contributed by atoms with Gasteiger partial charge in [-0.05, 0) is 37.9 Å². The number of hydrogen-bond acceptors (Lipinski definition) is 4. The van der Waals surface area contributed by atoms with E-state index in [1.54, 1.807) is 6.20 Å². The Morgan fingerprint density at radius 3 is 3.25 bits per heavy atom. The highest BCUT2D eigenvalue weighted by molar-refractivity contribution is 5.77. The van der Waals surface area contributed by atoms with Crippen LogP contribution in [0.3, 0.4) is 0 Å². The van der Waals surface area contributed by atoms with Crippen LogP contribution in [0.15, 0.2) is 18.3 Å². The minimum atomic E-state index is 0.209. The first-order chi connectivity index (χ1) is 9.79. The van der Waals surface area contributed by atoms with E-state index < -0.39 is 0 Å². The predicted molar refractivity (Wildman–Crippen MR) is 73.5 cm³/mol. The number of amides is 1. The second-order valence-corrected chi connectivity index (χ2v) is 5.50. The van der Waals surface area contributed by atoms with Crippen molar-refractivity contribution in [2.75, 3.05) is 13.1 Å². The van der Waals surface area contributed by atoms with E-state index in [1.807, 2.05) is 17.0 Å². The van der Waals surface area contributed by atoms with Gasteiger partial charge < -0.3 is 10.2 Å². The molecule has 104 valence electrons. The van der Waals surface area contributed by atoms with E-state index in [-0.39, 0.29) is 5.91 Å². The molecule has 0 radical (unpaired) electrons. The summed E-state index contributed by atoms with van der Waals surface area (Å²) in [4.78, 5) is 18.3. The number of nitriles is 1. The van der Waals surface area contributed by atoms with Crippen molar-refractivity contribution in [3.05, 3.63) is 29.6 Å². The number of likely N-dealkylation sites (tertiary alicyclic amines) is 1. The molecule has 3 rings (SSSR count). The molecule has 5 heteroatoms. The number of hydrogen-bond donors (Lipinski definition) is 1. The topological polar surface area (TPSA) is 69.0 Å². The highest BCUT2D eigenvalue weighted by Gasteiger charge is 2.37. The van der Waals surface area contributed by atoms with Gasteiger partial charge in [-0.15, -0.1) is 0 Å². The molecular formula is C15H18N4O. The van der Waals surface area contributed by atoms with E-state index in [4.69, 9.17) is 5.26 Å². The zero-order valence-electron chi connectivity index (χ0n) is 11.4. The SMILES string of the molecule is N#Cc1ncccc1CN1C(=O)CCC2CNCCC21. The minimum absolute atomic E-state index is 0.209. The predicted octanol–water partition coefficient (Wildman–Crippen LogP) is 1.05. The third-order valence-electron chi connectivity index (χ3n) is 4.36. The van der Waals surface area contributed by atoms with Gasteiger partial charge in [0.25, 0.3) is 0 Å². The van der Waals surface area contributed by atoms with Crippen molar-refractivity contribution in [2.24, 2.45) is 5.92 Å². The first kappa shape index (κ1) is 13.1. The van der Waals surface area contributed by atoms with Gasteiger partial charge in [0.1, 0.15) is 11.8 Å². The van der Waals surface area contributed by atoms with Crippen LogP contribution in [0.25, 0.3) is 0 Å². The maximum atomic E-state index is 12.3. The smallest absolute Gasteiger partial charge is 0.223 e. The molecule has 2 aliphatic heterocycles. The van der Waals surface area contributed by atoms with E-state index in [2.05, 4.69) is 16.4 Å². The van der Waals surface area contributed by atoms with Crippen molar-refractivity contribution >= 4 is 5.91 Å². The van der Waals surface area contributed by atoms with Crippen molar-refractivity contribution in [2.45, 2.75) is 31.8 Å². The molecule has 1 amide bonds. The van der Waals surface area contributed by atoms with Gasteiger partial charge in [-0.3, -0.25) is 4.79 Å². The van der Waals surface area contributed by atoms with Gasteiger partial charge >= 0.3 is 0 Å². The average molecular weight is 270 g/mol. The number of nitrogens with one attached hydrogen (secondary N) is 1. The molecule has 20 heavy (non-hydrogen) atoms. The molecule has 3 heterocycles. The van der Waals surface area contributed by atoms with Crippen molar-refractivity contribution < 1.29 is 4.79 Å². The van der Waals surface area contributed by atoms with Crippen LogP contribution >= 0.6 is 0 Å². The number of piperidine rings is 2. The molecular weight excluding hydrogens is 252 g/mol. The highest BCUT2D eigenvalue weighted by Crippen LogP contribution is 2.30. The standard InChI is InChI=1S/C15H18N4O/c16-8-13-12(2-1-6-18-13)10-19-14-5-7-17-9-11(14)3-4-15(19)20/h1-2,6,11,14,17H,3-5,7,9-10H2. The zero-order chi connectivity index (χ0) is 13.9. The Kier molecular flexibility index (Phi) is 3.66. The third-order valence-corrected chi connectivity index (χ3v) is 4.36. The molecule has 0 bridgehead atoms. The fourth-order valence-electron chi connectivity index (χ4n) is 3.31. The van der Waals surface area contributed by atoms with Gasteiger partial charge in [0.05, 0.1) is 0 Å². The van der Waals surface area contributed by atoms with Gasteiger partial charge in [0.2, 0.25) is 5.91 Å². The van der Waals surface area contributed by atoms with Crippen LogP contribution in [-0.4, -0.2) is 34.9 Å². The van der Waals surface area contributed by atoms with Crippen LogP contribution in [0.1, 0.15) is 30.5 Å². The molecule has 1 aromatic heterocycles.